The summed E-state index contributed by atoms with van der Waals surface area (Å²) in [7, 11) is 0. The first-order valence-electron chi connectivity index (χ1n) is 15.4. The van der Waals surface area contributed by atoms with Crippen molar-refractivity contribution >= 4 is 51.9 Å². The summed E-state index contributed by atoms with van der Waals surface area (Å²) in [5.74, 6) is 1.43. The number of urea groups is 1. The van der Waals surface area contributed by atoms with Crippen LogP contribution in [0.5, 0.6) is 5.75 Å². The molecule has 3 rings (SSSR count). The average molecular weight is 661 g/mol. The summed E-state index contributed by atoms with van der Waals surface area (Å²) in [5.41, 5.74) is 2.89. The first-order valence-corrected chi connectivity index (χ1v) is 16.4. The summed E-state index contributed by atoms with van der Waals surface area (Å²) in [6.45, 7) is 7.29. The monoisotopic (exact) mass is 659 g/mol. The Labute approximate surface area is 268 Å². The third kappa shape index (κ3) is 13.7. The number of hydrogen-bond donors (Lipinski definition) is 2. The third-order valence-electron chi connectivity index (χ3n) is 7.27. The predicted octanol–water partition coefficient (Wildman–Crippen LogP) is 10.6. The van der Waals surface area contributed by atoms with E-state index in [0.717, 1.165) is 36.5 Å². The minimum Gasteiger partial charge on any atom is -0.493 e. The van der Waals surface area contributed by atoms with Gasteiger partial charge in [0.25, 0.3) is 0 Å². The molecular weight excluding hydrogens is 610 g/mol. The van der Waals surface area contributed by atoms with E-state index in [1.165, 1.54) is 76.0 Å². The van der Waals surface area contributed by atoms with Crippen LogP contribution >= 0.6 is 28.7 Å². The Morgan fingerprint density at radius 3 is 2.07 bits per heavy atom. The highest BCUT2D eigenvalue weighted by Gasteiger charge is 2.13. The van der Waals surface area contributed by atoms with Gasteiger partial charge in [-0.05, 0) is 61.1 Å². The number of amides is 2. The van der Waals surface area contributed by atoms with Crippen molar-refractivity contribution < 1.29 is 14.3 Å². The van der Waals surface area contributed by atoms with Crippen molar-refractivity contribution in [3.8, 4) is 5.75 Å². The smallest absolute Gasteiger partial charge is 0.323 e. The molecule has 0 aliphatic carbocycles. The number of rotatable bonds is 19. The van der Waals surface area contributed by atoms with Gasteiger partial charge in [-0.1, -0.05) is 89.7 Å². The van der Waals surface area contributed by atoms with Gasteiger partial charge in [-0.15, -0.1) is 28.7 Å². The maximum Gasteiger partial charge on any atom is 0.323 e. The Bertz CT molecular complexity index is 1140. The molecule has 2 N–H and O–H groups in total. The maximum atomic E-state index is 12.7. The van der Waals surface area contributed by atoms with Gasteiger partial charge < -0.3 is 20.3 Å². The lowest BCUT2D eigenvalue weighted by Gasteiger charge is -2.15. The number of thioether (sulfide) groups is 1. The Hall–Kier alpha value is -2.45. The molecule has 0 aromatic heterocycles. The first kappa shape index (κ1) is 35.7. The van der Waals surface area contributed by atoms with Gasteiger partial charge in [0.2, 0.25) is 0 Å². The second-order valence-corrected chi connectivity index (χ2v) is 12.2. The number of unbranched alkanes of at least 4 members (excludes halogenated alkanes) is 11. The van der Waals surface area contributed by atoms with E-state index in [1.807, 2.05) is 30.0 Å². The summed E-state index contributed by atoms with van der Waals surface area (Å²) in [6, 6.07) is 12.8. The maximum absolute atomic E-state index is 12.7. The molecule has 0 fully saturated rings. The van der Waals surface area contributed by atoms with E-state index in [2.05, 4.69) is 41.6 Å². The molecule has 1 aliphatic heterocycles. The second kappa shape index (κ2) is 20.5. The predicted molar refractivity (Wildman–Crippen MR) is 184 cm³/mol. The Morgan fingerprint density at radius 1 is 0.857 bits per heavy atom. The molecule has 232 valence electrons. The highest BCUT2D eigenvalue weighted by molar-refractivity contribution is 8.93. The highest BCUT2D eigenvalue weighted by Crippen LogP contribution is 2.27. The molecule has 1 heterocycles. The number of ether oxygens (including phenoxy) is 1. The SMILES string of the molecule is Br.CCCCCCCCCCCCCCOc1ccc(NC(=O)Nc2cccc(CN3C=C(C)SC3)c2)cc1C(C)=O. The van der Waals surface area contributed by atoms with Crippen molar-refractivity contribution in [2.45, 2.75) is 104 Å². The molecule has 8 heteroatoms. The quantitative estimate of drug-likeness (QED) is 0.116. The normalized spacial score (nSPS) is 12.5. The molecule has 2 amide bonds. The average Bonchev–Trinajstić information content (AvgIpc) is 3.36. The van der Waals surface area contributed by atoms with Crippen LogP contribution in [0.4, 0.5) is 16.2 Å². The fourth-order valence-electron chi connectivity index (χ4n) is 5.02. The van der Waals surface area contributed by atoms with Crippen LogP contribution in [0.25, 0.3) is 0 Å². The van der Waals surface area contributed by atoms with Crippen molar-refractivity contribution in [3.05, 3.63) is 64.7 Å². The standard InChI is InChI=1S/C34H49N3O3S.BrH/c1-4-5-6-7-8-9-10-11-12-13-14-15-21-40-33-20-19-31(23-32(33)28(3)38)36-34(39)35-30-18-16-17-29(22-30)25-37-24-27(2)41-26-37;/h16-20,22-24H,4-15,21,25-26H2,1-3H3,(H2,35,36,39);1H. The van der Waals surface area contributed by atoms with E-state index in [4.69, 9.17) is 4.74 Å². The van der Waals surface area contributed by atoms with E-state index >= 15 is 0 Å². The number of Topliss-reactive ketones (excluding diaryl/α,β-unsaturated/α-hetero) is 1. The van der Waals surface area contributed by atoms with E-state index in [-0.39, 0.29) is 28.8 Å². The molecule has 0 radical (unpaired) electrons. The van der Waals surface area contributed by atoms with Gasteiger partial charge in [0, 0.05) is 24.1 Å². The summed E-state index contributed by atoms with van der Waals surface area (Å²) < 4.78 is 5.96. The zero-order chi connectivity index (χ0) is 29.3. The molecule has 0 spiro atoms. The second-order valence-electron chi connectivity index (χ2n) is 11.0. The number of benzene rings is 2. The van der Waals surface area contributed by atoms with Gasteiger partial charge in [0.1, 0.15) is 5.75 Å². The Balaban J connectivity index is 0.00000616. The topological polar surface area (TPSA) is 70.7 Å². The van der Waals surface area contributed by atoms with Gasteiger partial charge in [0.15, 0.2) is 5.78 Å². The first-order chi connectivity index (χ1) is 19.9. The van der Waals surface area contributed by atoms with Gasteiger partial charge in [-0.25, -0.2) is 4.79 Å². The third-order valence-corrected chi connectivity index (χ3v) is 8.29. The molecule has 6 nitrogen and oxygen atoms in total. The van der Waals surface area contributed by atoms with Crippen molar-refractivity contribution in [2.24, 2.45) is 0 Å². The molecule has 0 atom stereocenters. The van der Waals surface area contributed by atoms with Crippen molar-refractivity contribution in [3.63, 3.8) is 0 Å². The molecule has 2 aromatic carbocycles. The van der Waals surface area contributed by atoms with Gasteiger partial charge in [-0.3, -0.25) is 4.79 Å². The Kier molecular flexibility index (Phi) is 17.4. The van der Waals surface area contributed by atoms with Crippen LogP contribution in [0.15, 0.2) is 53.6 Å². The lowest BCUT2D eigenvalue weighted by Crippen LogP contribution is -2.20. The Morgan fingerprint density at radius 2 is 1.48 bits per heavy atom. The molecule has 0 bridgehead atoms. The van der Waals surface area contributed by atoms with E-state index in [1.54, 1.807) is 18.2 Å². The number of allylic oxidation sites excluding steroid dienone is 1. The van der Waals surface area contributed by atoms with E-state index in [9.17, 15) is 9.59 Å². The van der Waals surface area contributed by atoms with Crippen LogP contribution in [0.3, 0.4) is 0 Å². The zero-order valence-electron chi connectivity index (χ0n) is 25.7. The van der Waals surface area contributed by atoms with Crippen molar-refractivity contribution in [1.82, 2.24) is 4.90 Å². The largest absolute Gasteiger partial charge is 0.493 e. The van der Waals surface area contributed by atoms with Crippen LogP contribution in [-0.2, 0) is 6.54 Å². The summed E-state index contributed by atoms with van der Waals surface area (Å²) >= 11 is 1.83. The van der Waals surface area contributed by atoms with Crippen LogP contribution in [-0.4, -0.2) is 29.2 Å². The van der Waals surface area contributed by atoms with E-state index in [0.29, 0.717) is 23.6 Å². The number of nitrogens with one attached hydrogen (secondary N) is 2. The van der Waals surface area contributed by atoms with Gasteiger partial charge in [-0.2, -0.15) is 0 Å². The molecule has 2 aromatic rings. The number of ketones is 1. The molecule has 0 saturated heterocycles. The van der Waals surface area contributed by atoms with Gasteiger partial charge >= 0.3 is 6.03 Å². The van der Waals surface area contributed by atoms with Crippen LogP contribution in [0.1, 0.15) is 114 Å². The number of anilines is 2. The van der Waals surface area contributed by atoms with Crippen LogP contribution in [0.2, 0.25) is 0 Å². The minimum absolute atomic E-state index is 0. The summed E-state index contributed by atoms with van der Waals surface area (Å²) in [4.78, 5) is 28.6. The van der Waals surface area contributed by atoms with Gasteiger partial charge in [0.05, 0.1) is 18.0 Å². The molecule has 0 saturated carbocycles. The number of hydrogen-bond acceptors (Lipinski definition) is 5. The van der Waals surface area contributed by atoms with Crippen LogP contribution in [0, 0.1) is 0 Å². The highest BCUT2D eigenvalue weighted by atomic mass is 79.9. The number of carbonyl (C=O) groups is 2. The molecule has 0 unspecified atom stereocenters. The number of halogens is 1. The number of carbonyl (C=O) groups excluding carboxylic acids is 2. The van der Waals surface area contributed by atoms with Crippen molar-refractivity contribution in [2.75, 3.05) is 23.1 Å². The lowest BCUT2D eigenvalue weighted by molar-refractivity contribution is 0.101. The zero-order valence-corrected chi connectivity index (χ0v) is 28.2. The fraction of sp³-hybridized carbons (Fsp3) is 0.529. The molecular formula is C34H50BrN3O3S. The lowest BCUT2D eigenvalue weighted by atomic mass is 10.1. The fourth-order valence-corrected chi connectivity index (χ4v) is 5.78. The van der Waals surface area contributed by atoms with Crippen LogP contribution < -0.4 is 15.4 Å². The molecule has 42 heavy (non-hydrogen) atoms. The minimum atomic E-state index is -0.353. The number of nitrogens with zero attached hydrogens (tertiary/aromatic N) is 1. The molecule has 1 aliphatic rings. The summed E-state index contributed by atoms with van der Waals surface area (Å²) in [5, 5.41) is 5.75. The van der Waals surface area contributed by atoms with E-state index < -0.39 is 0 Å². The summed E-state index contributed by atoms with van der Waals surface area (Å²) in [6.07, 6.45) is 17.7. The van der Waals surface area contributed by atoms with Crippen molar-refractivity contribution in [1.29, 1.82) is 0 Å².